The van der Waals surface area contributed by atoms with Gasteiger partial charge in [-0.15, -0.1) is 11.3 Å². The number of aromatic nitrogens is 2. The number of thiazole rings is 1. The van der Waals surface area contributed by atoms with Crippen LogP contribution in [-0.2, 0) is 11.3 Å². The van der Waals surface area contributed by atoms with E-state index in [9.17, 15) is 9.18 Å². The SMILES string of the molecule is COc1ccc(CN(C)C(=O)/C=C/c2c(Cl)nc3sccn23)cc1F. The van der Waals surface area contributed by atoms with Crippen LogP contribution < -0.4 is 4.74 Å². The number of benzene rings is 1. The zero-order chi connectivity index (χ0) is 18.0. The third-order valence-electron chi connectivity index (χ3n) is 3.65. The van der Waals surface area contributed by atoms with E-state index in [4.69, 9.17) is 16.3 Å². The number of hydrogen-bond donors (Lipinski definition) is 0. The molecule has 3 aromatic rings. The fourth-order valence-electron chi connectivity index (χ4n) is 2.36. The summed E-state index contributed by atoms with van der Waals surface area (Å²) in [7, 11) is 3.05. The van der Waals surface area contributed by atoms with Crippen LogP contribution in [0.5, 0.6) is 5.75 Å². The number of carbonyl (C=O) groups is 1. The van der Waals surface area contributed by atoms with Crippen molar-refractivity contribution in [1.29, 1.82) is 0 Å². The average Bonchev–Trinajstić information content (AvgIpc) is 3.13. The molecule has 0 aliphatic rings. The van der Waals surface area contributed by atoms with Gasteiger partial charge >= 0.3 is 0 Å². The van der Waals surface area contributed by atoms with E-state index in [1.807, 2.05) is 16.0 Å². The molecule has 8 heteroatoms. The van der Waals surface area contributed by atoms with Crippen molar-refractivity contribution in [2.45, 2.75) is 6.54 Å². The van der Waals surface area contributed by atoms with Crippen molar-refractivity contribution in [1.82, 2.24) is 14.3 Å². The number of likely N-dealkylation sites (N-methyl/N-ethyl adjacent to an activating group) is 1. The first-order valence-electron chi connectivity index (χ1n) is 7.36. The molecule has 2 heterocycles. The van der Waals surface area contributed by atoms with E-state index < -0.39 is 5.82 Å². The fourth-order valence-corrected chi connectivity index (χ4v) is 3.37. The van der Waals surface area contributed by atoms with Gasteiger partial charge in [0.15, 0.2) is 21.7 Å². The molecule has 0 unspecified atom stereocenters. The van der Waals surface area contributed by atoms with Gasteiger partial charge in [-0.05, 0) is 23.8 Å². The van der Waals surface area contributed by atoms with E-state index in [1.54, 1.807) is 19.2 Å². The standard InChI is InChI=1S/C17H15ClFN3O2S/c1-21(10-11-3-5-14(24-2)12(19)9-11)15(23)6-4-13-16(18)20-17-22(13)7-8-25-17/h3-9H,10H2,1-2H3/b6-4+. The summed E-state index contributed by atoms with van der Waals surface area (Å²) in [6, 6.07) is 4.62. The maximum Gasteiger partial charge on any atom is 0.246 e. The van der Waals surface area contributed by atoms with Gasteiger partial charge in [0.1, 0.15) is 0 Å². The Labute approximate surface area is 152 Å². The lowest BCUT2D eigenvalue weighted by Gasteiger charge is -2.15. The molecule has 1 aromatic carbocycles. The van der Waals surface area contributed by atoms with E-state index in [1.165, 1.54) is 41.6 Å². The monoisotopic (exact) mass is 379 g/mol. The number of ether oxygens (including phenoxy) is 1. The molecule has 0 atom stereocenters. The summed E-state index contributed by atoms with van der Waals surface area (Å²) in [5.74, 6) is -0.507. The van der Waals surface area contributed by atoms with Crippen LogP contribution in [0.3, 0.4) is 0 Å². The highest BCUT2D eigenvalue weighted by molar-refractivity contribution is 7.15. The van der Waals surface area contributed by atoms with E-state index >= 15 is 0 Å². The second-order valence-electron chi connectivity index (χ2n) is 5.34. The lowest BCUT2D eigenvalue weighted by molar-refractivity contribution is -0.125. The van der Waals surface area contributed by atoms with Gasteiger partial charge in [-0.1, -0.05) is 17.7 Å². The highest BCUT2D eigenvalue weighted by Crippen LogP contribution is 2.22. The minimum atomic E-state index is -0.456. The van der Waals surface area contributed by atoms with Crippen LogP contribution in [0, 0.1) is 5.82 Å². The van der Waals surface area contributed by atoms with Crippen molar-refractivity contribution in [3.63, 3.8) is 0 Å². The molecule has 130 valence electrons. The third kappa shape index (κ3) is 3.67. The zero-order valence-electron chi connectivity index (χ0n) is 13.6. The number of hydrogen-bond acceptors (Lipinski definition) is 4. The van der Waals surface area contributed by atoms with Gasteiger partial charge in [0.25, 0.3) is 0 Å². The predicted octanol–water partition coefficient (Wildman–Crippen LogP) is 3.87. The molecule has 3 rings (SSSR count). The molecule has 1 amide bonds. The van der Waals surface area contributed by atoms with E-state index in [2.05, 4.69) is 4.98 Å². The zero-order valence-corrected chi connectivity index (χ0v) is 15.1. The normalized spacial score (nSPS) is 11.4. The molecule has 0 bridgehead atoms. The molecular weight excluding hydrogens is 365 g/mol. The summed E-state index contributed by atoms with van der Waals surface area (Å²) in [5.41, 5.74) is 1.32. The van der Waals surface area contributed by atoms with Gasteiger partial charge < -0.3 is 9.64 Å². The topological polar surface area (TPSA) is 46.8 Å². The van der Waals surface area contributed by atoms with Crippen LogP contribution in [0.25, 0.3) is 11.0 Å². The third-order valence-corrected chi connectivity index (χ3v) is 4.68. The molecule has 25 heavy (non-hydrogen) atoms. The summed E-state index contributed by atoms with van der Waals surface area (Å²) in [6.07, 6.45) is 4.89. The Hall–Kier alpha value is -2.38. The Kier molecular flexibility index (Phi) is 5.06. The molecule has 0 N–H and O–H groups in total. The Bertz CT molecular complexity index is 951. The first-order chi connectivity index (χ1) is 12.0. The minimum Gasteiger partial charge on any atom is -0.494 e. The lowest BCUT2D eigenvalue weighted by atomic mass is 10.2. The molecule has 0 saturated heterocycles. The summed E-state index contributed by atoms with van der Waals surface area (Å²) in [5, 5.41) is 2.23. The summed E-state index contributed by atoms with van der Waals surface area (Å²) >= 11 is 7.55. The number of carbonyl (C=O) groups excluding carboxylic acids is 1. The molecule has 0 spiro atoms. The summed E-state index contributed by atoms with van der Waals surface area (Å²) in [4.78, 5) is 18.7. The van der Waals surface area contributed by atoms with Crippen LogP contribution in [0.15, 0.2) is 35.9 Å². The van der Waals surface area contributed by atoms with Crippen LogP contribution in [0.2, 0.25) is 5.15 Å². The highest BCUT2D eigenvalue weighted by Gasteiger charge is 2.11. The lowest BCUT2D eigenvalue weighted by Crippen LogP contribution is -2.24. The van der Waals surface area contributed by atoms with Gasteiger partial charge in [-0.25, -0.2) is 9.37 Å². The number of methoxy groups -OCH3 is 1. The van der Waals surface area contributed by atoms with Gasteiger partial charge in [0.05, 0.1) is 12.8 Å². The van der Waals surface area contributed by atoms with Gasteiger partial charge in [-0.2, -0.15) is 0 Å². The molecule has 0 aliphatic carbocycles. The Balaban J connectivity index is 1.71. The molecule has 0 aliphatic heterocycles. The maximum atomic E-state index is 13.7. The fraction of sp³-hybridized carbons (Fsp3) is 0.176. The number of amides is 1. The number of nitrogens with zero attached hydrogens (tertiary/aromatic N) is 3. The van der Waals surface area contributed by atoms with E-state index in [0.717, 1.165) is 4.96 Å². The first kappa shape index (κ1) is 17.4. The van der Waals surface area contributed by atoms with Crippen LogP contribution in [-0.4, -0.2) is 34.3 Å². The molecule has 2 aromatic heterocycles. The van der Waals surface area contributed by atoms with E-state index in [-0.39, 0.29) is 18.2 Å². The molecule has 0 radical (unpaired) electrons. The van der Waals surface area contributed by atoms with Crippen molar-refractivity contribution in [2.75, 3.05) is 14.2 Å². The highest BCUT2D eigenvalue weighted by atomic mass is 35.5. The molecule has 5 nitrogen and oxygen atoms in total. The molecular formula is C17H15ClFN3O2S. The average molecular weight is 380 g/mol. The predicted molar refractivity (Wildman–Crippen MR) is 96.5 cm³/mol. The minimum absolute atomic E-state index is 0.174. The Morgan fingerprint density at radius 3 is 3.04 bits per heavy atom. The summed E-state index contributed by atoms with van der Waals surface area (Å²) in [6.45, 7) is 0.276. The number of halogens is 2. The van der Waals surface area contributed by atoms with Gasteiger partial charge in [0, 0.05) is 31.2 Å². The van der Waals surface area contributed by atoms with Crippen molar-refractivity contribution < 1.29 is 13.9 Å². The van der Waals surface area contributed by atoms with Crippen molar-refractivity contribution in [3.05, 3.63) is 58.1 Å². The largest absolute Gasteiger partial charge is 0.494 e. The first-order valence-corrected chi connectivity index (χ1v) is 8.62. The van der Waals surface area contributed by atoms with Gasteiger partial charge in [-0.3, -0.25) is 9.20 Å². The summed E-state index contributed by atoms with van der Waals surface area (Å²) < 4.78 is 20.4. The number of imidazole rings is 1. The van der Waals surface area contributed by atoms with E-state index in [0.29, 0.717) is 16.4 Å². The quantitative estimate of drug-likeness (QED) is 0.632. The van der Waals surface area contributed by atoms with Crippen molar-refractivity contribution >= 4 is 39.9 Å². The maximum absolute atomic E-state index is 13.7. The second-order valence-corrected chi connectivity index (χ2v) is 6.57. The smallest absolute Gasteiger partial charge is 0.246 e. The Morgan fingerprint density at radius 2 is 2.32 bits per heavy atom. The van der Waals surface area contributed by atoms with Crippen LogP contribution >= 0.6 is 22.9 Å². The van der Waals surface area contributed by atoms with Gasteiger partial charge in [0.2, 0.25) is 5.91 Å². The molecule has 0 saturated carbocycles. The van der Waals surface area contributed by atoms with Crippen LogP contribution in [0.4, 0.5) is 4.39 Å². The van der Waals surface area contributed by atoms with Crippen LogP contribution in [0.1, 0.15) is 11.3 Å². The second kappa shape index (κ2) is 7.25. The van der Waals surface area contributed by atoms with Crippen molar-refractivity contribution in [3.8, 4) is 5.75 Å². The molecule has 0 fully saturated rings. The van der Waals surface area contributed by atoms with Crippen molar-refractivity contribution in [2.24, 2.45) is 0 Å². The Morgan fingerprint density at radius 1 is 1.52 bits per heavy atom. The number of rotatable bonds is 5. The number of fused-ring (bicyclic) bond motifs is 1.